The van der Waals surface area contributed by atoms with Gasteiger partial charge in [0.05, 0.1) is 58.1 Å². The number of nitrogens with two attached hydrogens (primary N) is 2. The molecule has 2 aliphatic heterocycles. The zero-order valence-corrected chi connectivity index (χ0v) is 47.0. The Morgan fingerprint density at radius 3 is 1.59 bits per heavy atom. The van der Waals surface area contributed by atoms with Gasteiger partial charge in [-0.15, -0.1) is 0 Å². The lowest BCUT2D eigenvalue weighted by Crippen LogP contribution is -2.51. The summed E-state index contributed by atoms with van der Waals surface area (Å²) in [5, 5.41) is 5.44. The Morgan fingerprint density at radius 2 is 1.12 bits per heavy atom. The molecule has 2 atom stereocenters. The van der Waals surface area contributed by atoms with Gasteiger partial charge in [-0.1, -0.05) is 73.7 Å². The average molecular weight is 1100 g/mol. The number of fused-ring (bicyclic) bond motifs is 2. The number of hydrogen-bond acceptors (Lipinski definition) is 16. The van der Waals surface area contributed by atoms with Crippen LogP contribution in [0.2, 0.25) is 0 Å². The normalized spacial score (nSPS) is 14.7. The minimum Gasteiger partial charge on any atom is -0.465 e. The fourth-order valence-electron chi connectivity index (χ4n) is 8.12. The van der Waals surface area contributed by atoms with Crippen LogP contribution in [0.15, 0.2) is 156 Å². The number of esters is 2. The van der Waals surface area contributed by atoms with Crippen LogP contribution < -0.4 is 36.8 Å². The number of ketones is 2. The van der Waals surface area contributed by atoms with Crippen molar-refractivity contribution in [3.8, 4) is 0 Å². The topological polar surface area (TPSA) is 274 Å². The van der Waals surface area contributed by atoms with E-state index in [0.717, 1.165) is 23.4 Å². The molecule has 0 bridgehead atoms. The molecule has 0 radical (unpaired) electrons. The lowest BCUT2D eigenvalue weighted by Gasteiger charge is -2.29. The van der Waals surface area contributed by atoms with Crippen molar-refractivity contribution in [3.05, 3.63) is 174 Å². The molecule has 4 aromatic carbocycles. The van der Waals surface area contributed by atoms with E-state index in [-0.39, 0.29) is 37.9 Å². The van der Waals surface area contributed by atoms with Gasteiger partial charge in [0.25, 0.3) is 11.8 Å². The average Bonchev–Trinajstić information content (AvgIpc) is 3.65. The van der Waals surface area contributed by atoms with Gasteiger partial charge in [-0.3, -0.25) is 43.7 Å². The fourth-order valence-corrected chi connectivity index (χ4v) is 8.12. The number of nitrogens with one attached hydrogen (secondary N) is 2. The predicted molar refractivity (Wildman–Crippen MR) is 313 cm³/mol. The van der Waals surface area contributed by atoms with Crippen LogP contribution >= 0.6 is 0 Å². The van der Waals surface area contributed by atoms with Crippen LogP contribution in [0, 0.1) is 10.8 Å². The van der Waals surface area contributed by atoms with Gasteiger partial charge in [-0.2, -0.15) is 0 Å². The van der Waals surface area contributed by atoms with Gasteiger partial charge in [-0.05, 0) is 106 Å². The number of rotatable bonds is 16. The summed E-state index contributed by atoms with van der Waals surface area (Å²) in [6.07, 6.45) is 1.50. The predicted octanol–water partition coefficient (Wildman–Crippen LogP) is 7.18. The van der Waals surface area contributed by atoms with E-state index in [1.807, 2.05) is 86.6 Å². The third-order valence-corrected chi connectivity index (χ3v) is 12.9. The molecule has 422 valence electrons. The molecule has 0 saturated carbocycles. The molecule has 20 heteroatoms. The van der Waals surface area contributed by atoms with E-state index in [1.54, 1.807) is 113 Å². The summed E-state index contributed by atoms with van der Waals surface area (Å²) in [4.78, 5) is 112. The van der Waals surface area contributed by atoms with E-state index < -0.39 is 52.9 Å². The number of aromatic nitrogens is 2. The highest BCUT2D eigenvalue weighted by atomic mass is 16.5. The summed E-state index contributed by atoms with van der Waals surface area (Å²) >= 11 is 0. The number of ether oxygens (including phenoxy) is 2. The van der Waals surface area contributed by atoms with E-state index in [9.17, 15) is 33.6 Å². The number of nitrogen functional groups attached to an aromatic ring is 1. The first-order valence-electron chi connectivity index (χ1n) is 26.1. The molecular weight excluding hydrogens is 1030 g/mol. The Morgan fingerprint density at radius 1 is 0.630 bits per heavy atom. The molecular formula is C61H69N11O9. The highest BCUT2D eigenvalue weighted by Crippen LogP contribution is 2.31. The van der Waals surface area contributed by atoms with E-state index in [0.29, 0.717) is 51.0 Å². The first kappa shape index (κ1) is 60.8. The third-order valence-electron chi connectivity index (χ3n) is 12.9. The van der Waals surface area contributed by atoms with E-state index >= 15 is 0 Å². The van der Waals surface area contributed by atoms with Crippen LogP contribution in [0.5, 0.6) is 0 Å². The van der Waals surface area contributed by atoms with Crippen molar-refractivity contribution >= 4 is 81.2 Å². The summed E-state index contributed by atoms with van der Waals surface area (Å²) in [6, 6.07) is 39.5. The number of nitrogens with zero attached hydrogens (tertiary/aromatic N) is 7. The number of Topliss-reactive ketones (excluding diaryl/α,β-unsaturated/α-hetero) is 2. The monoisotopic (exact) mass is 1100 g/mol. The summed E-state index contributed by atoms with van der Waals surface area (Å²) in [7, 11) is 3.99. The Labute approximate surface area is 471 Å². The van der Waals surface area contributed by atoms with Gasteiger partial charge in [-0.25, -0.2) is 9.79 Å². The van der Waals surface area contributed by atoms with Gasteiger partial charge < -0.3 is 46.3 Å². The second-order valence-corrected chi connectivity index (χ2v) is 20.4. The largest absolute Gasteiger partial charge is 0.465 e. The number of hydrogen-bond donors (Lipinski definition) is 4. The van der Waals surface area contributed by atoms with E-state index in [1.165, 1.54) is 23.6 Å². The first-order valence-corrected chi connectivity index (χ1v) is 26.1. The molecule has 6 aromatic rings. The van der Waals surface area contributed by atoms with E-state index in [4.69, 9.17) is 20.9 Å². The number of carbonyl (C=O) groups excluding carboxylic acids is 7. The molecule has 0 unspecified atom stereocenters. The van der Waals surface area contributed by atoms with Gasteiger partial charge in [0.2, 0.25) is 6.17 Å². The van der Waals surface area contributed by atoms with Crippen LogP contribution in [0.3, 0.4) is 0 Å². The fraction of sp³-hybridized carbons (Fsp3) is 0.295. The molecule has 0 spiro atoms. The quantitative estimate of drug-likeness (QED) is 0.0552. The third kappa shape index (κ3) is 16.3. The Hall–Kier alpha value is -9.43. The number of para-hydroxylation sites is 2. The summed E-state index contributed by atoms with van der Waals surface area (Å²) in [6.45, 7) is 10.4. The van der Waals surface area contributed by atoms with Crippen LogP contribution in [-0.2, 0) is 44.7 Å². The van der Waals surface area contributed by atoms with Crippen LogP contribution in [0.1, 0.15) is 76.5 Å². The maximum Gasteiger partial charge on any atom is 0.321 e. The van der Waals surface area contributed by atoms with Gasteiger partial charge >= 0.3 is 18.0 Å². The van der Waals surface area contributed by atoms with Gasteiger partial charge in [0.15, 0.2) is 17.7 Å². The molecule has 81 heavy (non-hydrogen) atoms. The lowest BCUT2D eigenvalue weighted by atomic mass is 9.88. The number of urea groups is 1. The molecule has 4 amide bonds. The van der Waals surface area contributed by atoms with E-state index in [2.05, 4.69) is 30.6 Å². The minimum atomic E-state index is -1.36. The molecule has 6 N–H and O–H groups in total. The number of benzene rings is 4. The highest BCUT2D eigenvalue weighted by molar-refractivity contribution is 6.21. The Kier molecular flexibility index (Phi) is 20.6. The smallest absolute Gasteiger partial charge is 0.321 e. The number of anilines is 5. The van der Waals surface area contributed by atoms with Crippen molar-refractivity contribution < 1.29 is 43.0 Å². The van der Waals surface area contributed by atoms with Crippen molar-refractivity contribution in [2.24, 2.45) is 26.5 Å². The second kappa shape index (κ2) is 27.4. The molecule has 0 aliphatic carbocycles. The summed E-state index contributed by atoms with van der Waals surface area (Å²) < 4.78 is 10.1. The number of aliphatic imine (C=N–C) groups is 2. The van der Waals surface area contributed by atoms with Gasteiger partial charge in [0, 0.05) is 68.5 Å². The number of benzodiazepines with no additional fused rings is 2. The number of amides is 4. The Balaban J connectivity index is 0.000000230. The molecule has 8 rings (SSSR count). The number of carbonyl (C=O) groups is 7. The zero-order chi connectivity index (χ0) is 59.0. The van der Waals surface area contributed by atoms with Crippen LogP contribution in [0.25, 0.3) is 0 Å². The SMILES string of the molecule is CC(=O)OCC(C)(C)C(=O)CN1C(=O)[C@H](N)N=C(c2ccccn2)c2ccccc21.CCc1cccc(NC(=O)N[C@@H]2N=C(c3ccccn3)c3ccccc3N(CC(=O)C(C)(C)COC(C)=O)C2=O)c1.CN(C)c1cccc(N)c1. The minimum absolute atomic E-state index is 0.0768. The van der Waals surface area contributed by atoms with Crippen LogP contribution in [0.4, 0.5) is 33.2 Å². The summed E-state index contributed by atoms with van der Waals surface area (Å²) in [5.74, 6) is -2.66. The standard InChI is InChI=1S/C31H33N5O5.C22H24N4O4.C8H12N2/c1-5-21-11-10-12-22(17-21)33-30(40)35-28-29(39)36(18-26(38)31(3,4)19-41-20(2)37)25-15-7-6-13-23(25)27(34-28)24-14-8-9-16-32-24;1-14(27)30-13-22(2,3)18(28)12-26-17-10-5-4-8-15(17)19(25-20(23)21(26)29)16-9-6-7-11-24-16;1-10(2)8-5-3-4-7(9)6-8/h6-17,28H,5,18-19H2,1-4H3,(H2,33,35,40);4-11,20H,12-13,23H2,1-3H3;3-6H,9H2,1-2H3/t28-;20-;/m01./s1. The molecule has 20 nitrogen and oxygen atoms in total. The zero-order valence-electron chi connectivity index (χ0n) is 47.0. The number of pyridine rings is 2. The summed E-state index contributed by atoms with van der Waals surface area (Å²) in [5.41, 5.74) is 17.3. The van der Waals surface area contributed by atoms with Crippen molar-refractivity contribution in [1.29, 1.82) is 0 Å². The van der Waals surface area contributed by atoms with Crippen molar-refractivity contribution in [3.63, 3.8) is 0 Å². The van der Waals surface area contributed by atoms with Crippen molar-refractivity contribution in [2.75, 3.05) is 66.1 Å². The van der Waals surface area contributed by atoms with Gasteiger partial charge in [0.1, 0.15) is 13.2 Å². The Bertz CT molecular complexity index is 3310. The maximum atomic E-state index is 14.0. The van der Waals surface area contributed by atoms with Crippen molar-refractivity contribution in [1.82, 2.24) is 15.3 Å². The molecule has 2 aliphatic rings. The highest BCUT2D eigenvalue weighted by Gasteiger charge is 2.39. The first-order chi connectivity index (χ1) is 38.5. The molecule has 4 heterocycles. The maximum absolute atomic E-state index is 14.0. The van der Waals surface area contributed by atoms with Crippen LogP contribution in [-0.4, -0.2) is 115 Å². The van der Waals surface area contributed by atoms with Crippen molar-refractivity contribution in [2.45, 2.75) is 67.2 Å². The molecule has 0 saturated heterocycles. The number of aryl methyl sites for hydroxylation is 1. The molecule has 0 fully saturated rings. The lowest BCUT2D eigenvalue weighted by molar-refractivity contribution is -0.148. The molecule has 2 aromatic heterocycles. The second-order valence-electron chi connectivity index (χ2n) is 20.4.